The van der Waals surface area contributed by atoms with Crippen molar-refractivity contribution in [2.75, 3.05) is 5.32 Å². The second kappa shape index (κ2) is 6.06. The topological polar surface area (TPSA) is 62.7 Å². The van der Waals surface area contributed by atoms with Crippen molar-refractivity contribution >= 4 is 22.5 Å². The summed E-state index contributed by atoms with van der Waals surface area (Å²) < 4.78 is 1.85. The van der Waals surface area contributed by atoms with Gasteiger partial charge in [-0.15, -0.1) is 0 Å². The van der Waals surface area contributed by atoms with E-state index in [9.17, 15) is 4.79 Å². The zero-order valence-corrected chi connectivity index (χ0v) is 15.0. The van der Waals surface area contributed by atoms with E-state index >= 15 is 0 Å². The summed E-state index contributed by atoms with van der Waals surface area (Å²) in [5.41, 5.74) is 5.53. The maximum absolute atomic E-state index is 12.9. The van der Waals surface area contributed by atoms with E-state index < -0.39 is 0 Å². The largest absolute Gasteiger partial charge is 0.357 e. The molecule has 130 valence electrons. The third-order valence-corrected chi connectivity index (χ3v) is 5.08. The predicted octanol–water partition coefficient (Wildman–Crippen LogP) is 4.31. The van der Waals surface area contributed by atoms with Crippen LogP contribution in [0.1, 0.15) is 55.5 Å². The Bertz CT molecular complexity index is 934. The third kappa shape index (κ3) is 2.84. The Morgan fingerprint density at radius 2 is 2.24 bits per heavy atom. The molecule has 2 aromatic heterocycles. The number of carbonyl (C=O) groups excluding carboxylic acids is 1. The Balaban J connectivity index is 1.63. The van der Waals surface area contributed by atoms with Crippen molar-refractivity contribution in [1.29, 1.82) is 0 Å². The first kappa shape index (κ1) is 15.9. The molecule has 5 nitrogen and oxygen atoms in total. The Labute approximate surface area is 147 Å². The van der Waals surface area contributed by atoms with E-state index in [0.717, 1.165) is 36.2 Å². The first-order valence-corrected chi connectivity index (χ1v) is 8.99. The molecule has 1 atom stereocenters. The maximum atomic E-state index is 12.9. The molecule has 0 aliphatic heterocycles. The van der Waals surface area contributed by atoms with Crippen molar-refractivity contribution in [2.24, 2.45) is 0 Å². The highest BCUT2D eigenvalue weighted by Gasteiger charge is 2.29. The summed E-state index contributed by atoms with van der Waals surface area (Å²) >= 11 is 0. The molecule has 0 radical (unpaired) electrons. The molecule has 3 aromatic rings. The van der Waals surface area contributed by atoms with Crippen molar-refractivity contribution in [1.82, 2.24) is 14.8 Å². The molecule has 0 fully saturated rings. The molecule has 5 heteroatoms. The smallest absolute Gasteiger partial charge is 0.233 e. The van der Waals surface area contributed by atoms with Gasteiger partial charge in [0.25, 0.3) is 0 Å². The number of benzene rings is 1. The van der Waals surface area contributed by atoms with Gasteiger partial charge in [-0.1, -0.05) is 11.6 Å². The average molecular weight is 336 g/mol. The molecule has 0 spiro atoms. The molecular formula is C20H24N4O. The van der Waals surface area contributed by atoms with Gasteiger partial charge in [-0.2, -0.15) is 5.10 Å². The van der Waals surface area contributed by atoms with Crippen LogP contribution in [0.25, 0.3) is 10.9 Å². The SMILES string of the molecule is Cc1ccc2[nH]c3c(c2c1)CCCC3C(=O)Nc1cnn(C(C)C)c1. The van der Waals surface area contributed by atoms with Gasteiger partial charge in [0.1, 0.15) is 0 Å². The van der Waals surface area contributed by atoms with E-state index in [4.69, 9.17) is 0 Å². The number of amides is 1. The lowest BCUT2D eigenvalue weighted by molar-refractivity contribution is -0.117. The van der Waals surface area contributed by atoms with Crippen LogP contribution in [0.15, 0.2) is 30.6 Å². The second-order valence-electron chi connectivity index (χ2n) is 7.30. The fraction of sp³-hybridized carbons (Fsp3) is 0.400. The molecule has 1 aromatic carbocycles. The highest BCUT2D eigenvalue weighted by atomic mass is 16.1. The van der Waals surface area contributed by atoms with Gasteiger partial charge in [-0.25, -0.2) is 0 Å². The lowest BCUT2D eigenvalue weighted by atomic mass is 9.86. The summed E-state index contributed by atoms with van der Waals surface area (Å²) in [5.74, 6) is -0.0774. The lowest BCUT2D eigenvalue weighted by Crippen LogP contribution is -2.24. The summed E-state index contributed by atoms with van der Waals surface area (Å²) in [6, 6.07) is 6.73. The summed E-state index contributed by atoms with van der Waals surface area (Å²) in [4.78, 5) is 16.4. The van der Waals surface area contributed by atoms with Crippen LogP contribution >= 0.6 is 0 Å². The zero-order valence-electron chi connectivity index (χ0n) is 15.0. The number of nitrogens with one attached hydrogen (secondary N) is 2. The van der Waals surface area contributed by atoms with Crippen LogP contribution in [0, 0.1) is 6.92 Å². The molecule has 4 rings (SSSR count). The first-order chi connectivity index (χ1) is 12.0. The number of hydrogen-bond donors (Lipinski definition) is 2. The molecule has 1 unspecified atom stereocenters. The molecule has 2 N–H and O–H groups in total. The van der Waals surface area contributed by atoms with Gasteiger partial charge in [0.15, 0.2) is 0 Å². The molecule has 0 bridgehead atoms. The summed E-state index contributed by atoms with van der Waals surface area (Å²) in [5, 5.41) is 8.60. The maximum Gasteiger partial charge on any atom is 0.233 e. The quantitative estimate of drug-likeness (QED) is 0.748. The van der Waals surface area contributed by atoms with Crippen LogP contribution in [-0.4, -0.2) is 20.7 Å². The number of aromatic amines is 1. The van der Waals surface area contributed by atoms with Gasteiger partial charge in [-0.3, -0.25) is 9.48 Å². The van der Waals surface area contributed by atoms with Crippen LogP contribution < -0.4 is 5.32 Å². The van der Waals surface area contributed by atoms with Crippen molar-refractivity contribution in [2.45, 2.75) is 52.0 Å². The average Bonchev–Trinajstić information content (AvgIpc) is 3.19. The number of carbonyl (C=O) groups is 1. The van der Waals surface area contributed by atoms with Crippen molar-refractivity contribution in [3.63, 3.8) is 0 Å². The van der Waals surface area contributed by atoms with Crippen LogP contribution in [0.2, 0.25) is 0 Å². The minimum absolute atomic E-state index is 0.0486. The molecule has 1 aliphatic rings. The highest BCUT2D eigenvalue weighted by Crippen LogP contribution is 2.37. The van der Waals surface area contributed by atoms with Crippen molar-refractivity contribution in [3.05, 3.63) is 47.4 Å². The van der Waals surface area contributed by atoms with Gasteiger partial charge in [0, 0.05) is 28.8 Å². The molecule has 1 amide bonds. The Kier molecular flexibility index (Phi) is 3.86. The Morgan fingerprint density at radius 1 is 1.40 bits per heavy atom. The number of nitrogens with zero attached hydrogens (tertiary/aromatic N) is 2. The van der Waals surface area contributed by atoms with Gasteiger partial charge in [0.2, 0.25) is 5.91 Å². The van der Waals surface area contributed by atoms with Crippen LogP contribution in [0.5, 0.6) is 0 Å². The standard InChI is InChI=1S/C20H24N4O/c1-12(2)24-11-14(10-21-24)22-20(25)16-6-4-5-15-17-9-13(3)7-8-18(17)23-19(15)16/h7-12,16,23H,4-6H2,1-3H3,(H,22,25). The fourth-order valence-corrected chi connectivity index (χ4v) is 3.75. The third-order valence-electron chi connectivity index (χ3n) is 5.08. The summed E-state index contributed by atoms with van der Waals surface area (Å²) in [7, 11) is 0. The van der Waals surface area contributed by atoms with E-state index in [1.807, 2.05) is 10.9 Å². The van der Waals surface area contributed by atoms with Gasteiger partial charge in [-0.05, 0) is 57.7 Å². The minimum Gasteiger partial charge on any atom is -0.357 e. The zero-order chi connectivity index (χ0) is 17.6. The second-order valence-corrected chi connectivity index (χ2v) is 7.30. The number of aromatic nitrogens is 3. The number of rotatable bonds is 3. The molecule has 2 heterocycles. The number of aryl methyl sites for hydroxylation is 2. The number of fused-ring (bicyclic) bond motifs is 3. The molecule has 25 heavy (non-hydrogen) atoms. The van der Waals surface area contributed by atoms with Gasteiger partial charge < -0.3 is 10.3 Å². The van der Waals surface area contributed by atoms with Crippen molar-refractivity contribution < 1.29 is 4.79 Å². The number of hydrogen-bond acceptors (Lipinski definition) is 2. The number of anilines is 1. The van der Waals surface area contributed by atoms with E-state index in [1.165, 1.54) is 16.5 Å². The highest BCUT2D eigenvalue weighted by molar-refractivity contribution is 5.97. The number of H-pyrrole nitrogens is 1. The van der Waals surface area contributed by atoms with E-state index in [-0.39, 0.29) is 17.9 Å². The van der Waals surface area contributed by atoms with Crippen LogP contribution in [0.3, 0.4) is 0 Å². The van der Waals surface area contributed by atoms with E-state index in [0.29, 0.717) is 0 Å². The van der Waals surface area contributed by atoms with Gasteiger partial charge in [0.05, 0.1) is 17.8 Å². The van der Waals surface area contributed by atoms with Crippen LogP contribution in [0.4, 0.5) is 5.69 Å². The molecule has 0 saturated carbocycles. The minimum atomic E-state index is -0.126. The summed E-state index contributed by atoms with van der Waals surface area (Å²) in [6.07, 6.45) is 6.56. The normalized spacial score (nSPS) is 17.0. The first-order valence-electron chi connectivity index (χ1n) is 8.99. The molecular weight excluding hydrogens is 312 g/mol. The van der Waals surface area contributed by atoms with Crippen LogP contribution in [-0.2, 0) is 11.2 Å². The Hall–Kier alpha value is -2.56. The van der Waals surface area contributed by atoms with E-state index in [2.05, 4.69) is 54.4 Å². The van der Waals surface area contributed by atoms with Crippen molar-refractivity contribution in [3.8, 4) is 0 Å². The van der Waals surface area contributed by atoms with Gasteiger partial charge >= 0.3 is 0 Å². The Morgan fingerprint density at radius 3 is 3.00 bits per heavy atom. The lowest BCUT2D eigenvalue weighted by Gasteiger charge is -2.21. The fourth-order valence-electron chi connectivity index (χ4n) is 3.75. The summed E-state index contributed by atoms with van der Waals surface area (Å²) in [6.45, 7) is 6.25. The predicted molar refractivity (Wildman–Crippen MR) is 100.0 cm³/mol. The monoisotopic (exact) mass is 336 g/mol. The molecule has 0 saturated heterocycles. The van der Waals surface area contributed by atoms with E-state index in [1.54, 1.807) is 6.20 Å². The molecule has 1 aliphatic carbocycles.